The zero-order valence-electron chi connectivity index (χ0n) is 17.9. The van der Waals surface area contributed by atoms with Gasteiger partial charge in [-0.1, -0.05) is 5.10 Å². The van der Waals surface area contributed by atoms with E-state index in [-0.39, 0.29) is 22.9 Å². The van der Waals surface area contributed by atoms with Gasteiger partial charge in [0, 0.05) is 65.3 Å². The number of nitrogens with one attached hydrogen (secondary N) is 2. The second kappa shape index (κ2) is 6.21. The van der Waals surface area contributed by atoms with E-state index in [0.717, 1.165) is 34.9 Å². The molecule has 0 spiro atoms. The van der Waals surface area contributed by atoms with Crippen molar-refractivity contribution in [2.75, 3.05) is 0 Å². The Hall–Kier alpha value is -3.07. The van der Waals surface area contributed by atoms with Gasteiger partial charge in [0.1, 0.15) is 17.5 Å². The van der Waals surface area contributed by atoms with E-state index >= 15 is 0 Å². The molecule has 3 N–H and O–H groups in total. The largest absolute Gasteiger partial charge is 0.507 e. The average Bonchev–Trinajstić information content (AvgIpc) is 3.19. The Morgan fingerprint density at radius 3 is 2.53 bits per heavy atom. The van der Waals surface area contributed by atoms with Gasteiger partial charge < -0.3 is 10.4 Å². The number of benzene rings is 1. The Kier molecular flexibility index (Phi) is 3.92. The Morgan fingerprint density at radius 2 is 1.80 bits per heavy atom. The number of phenolic OH excluding ortho intramolecular Hbond substituents is 1. The summed E-state index contributed by atoms with van der Waals surface area (Å²) in [6.45, 7) is 8.89. The molecule has 156 valence electrons. The third kappa shape index (κ3) is 3.19. The summed E-state index contributed by atoms with van der Waals surface area (Å²) in [5, 5.41) is 36.0. The molecule has 0 amide bonds. The Bertz CT molecular complexity index is 1250. The van der Waals surface area contributed by atoms with Crippen molar-refractivity contribution < 1.29 is 9.79 Å². The molecular formula is C21H27N8O+. The van der Waals surface area contributed by atoms with Gasteiger partial charge in [-0.2, -0.15) is 9.78 Å². The first-order valence-electron chi connectivity index (χ1n) is 10.2. The number of H-pyrrole nitrogens is 1. The summed E-state index contributed by atoms with van der Waals surface area (Å²) in [4.78, 5) is 0. The maximum atomic E-state index is 10.5. The molecule has 4 heterocycles. The molecule has 0 atom stereocenters. The second-order valence-corrected chi connectivity index (χ2v) is 9.71. The molecule has 0 saturated carbocycles. The first-order valence-corrected chi connectivity index (χ1v) is 10.2. The van der Waals surface area contributed by atoms with Crippen LogP contribution in [0.3, 0.4) is 0 Å². The number of hydrogen-bond acceptors (Lipinski definition) is 6. The van der Waals surface area contributed by atoms with Crippen molar-refractivity contribution in [1.82, 2.24) is 35.6 Å². The molecule has 3 aromatic heterocycles. The van der Waals surface area contributed by atoms with Crippen molar-refractivity contribution in [3.8, 4) is 17.0 Å². The van der Waals surface area contributed by atoms with Gasteiger partial charge in [0.05, 0.1) is 5.52 Å². The van der Waals surface area contributed by atoms with Gasteiger partial charge in [-0.15, -0.1) is 5.21 Å². The first kappa shape index (κ1) is 18.9. The number of aromatic hydroxyl groups is 1. The van der Waals surface area contributed by atoms with Crippen LogP contribution in [0.4, 0.5) is 0 Å². The van der Waals surface area contributed by atoms with E-state index < -0.39 is 0 Å². The third-order valence-corrected chi connectivity index (χ3v) is 5.81. The molecule has 4 aromatic rings. The predicted octanol–water partition coefficient (Wildman–Crippen LogP) is 2.38. The normalized spacial score (nSPS) is 19.0. The molecule has 0 aliphatic carbocycles. The van der Waals surface area contributed by atoms with Crippen LogP contribution in [0.1, 0.15) is 46.6 Å². The third-order valence-electron chi connectivity index (χ3n) is 5.81. The van der Waals surface area contributed by atoms with E-state index in [2.05, 4.69) is 58.6 Å². The predicted molar refractivity (Wildman–Crippen MR) is 113 cm³/mol. The van der Waals surface area contributed by atoms with Crippen LogP contribution in [0.5, 0.6) is 5.75 Å². The molecular weight excluding hydrogens is 380 g/mol. The minimum absolute atomic E-state index is 0.00907. The van der Waals surface area contributed by atoms with Gasteiger partial charge in [-0.05, 0) is 38.9 Å². The van der Waals surface area contributed by atoms with Gasteiger partial charge in [0.25, 0.3) is 0 Å². The Balaban J connectivity index is 1.55. The topological polar surface area (TPSA) is 108 Å². The van der Waals surface area contributed by atoms with E-state index in [1.54, 1.807) is 10.7 Å². The number of aryl methyl sites for hydroxylation is 1. The minimum atomic E-state index is 0.00907. The lowest BCUT2D eigenvalue weighted by Crippen LogP contribution is -2.62. The Morgan fingerprint density at radius 1 is 1.07 bits per heavy atom. The highest BCUT2D eigenvalue weighted by atomic mass is 16.3. The molecule has 0 radical (unpaired) electrons. The summed E-state index contributed by atoms with van der Waals surface area (Å²) in [6, 6.07) is 5.64. The van der Waals surface area contributed by atoms with Crippen molar-refractivity contribution in [2.24, 2.45) is 7.05 Å². The number of nitrogens with zero attached hydrogens (tertiary/aromatic N) is 6. The van der Waals surface area contributed by atoms with Crippen LogP contribution in [-0.2, 0) is 7.05 Å². The number of rotatable bonds is 2. The molecule has 1 aliphatic heterocycles. The van der Waals surface area contributed by atoms with E-state index in [1.165, 1.54) is 0 Å². The van der Waals surface area contributed by atoms with Crippen LogP contribution < -0.4 is 10.00 Å². The van der Waals surface area contributed by atoms with Crippen molar-refractivity contribution in [3.05, 3.63) is 24.4 Å². The SMILES string of the molecule is Cn1cc2cc(-c3cc4n[nH][n+](C5CC(C)(C)NC(C)(C)C5)c4nn3)c(O)cc2n1. The number of phenols is 1. The summed E-state index contributed by atoms with van der Waals surface area (Å²) in [5.74, 6) is 0.125. The molecule has 30 heavy (non-hydrogen) atoms. The molecule has 1 fully saturated rings. The molecule has 5 rings (SSSR count). The molecule has 9 heteroatoms. The lowest BCUT2D eigenvalue weighted by molar-refractivity contribution is -0.761. The lowest BCUT2D eigenvalue weighted by atomic mass is 9.80. The van der Waals surface area contributed by atoms with Crippen LogP contribution in [-0.4, -0.2) is 46.5 Å². The minimum Gasteiger partial charge on any atom is -0.507 e. The molecule has 9 nitrogen and oxygen atoms in total. The van der Waals surface area contributed by atoms with E-state index in [4.69, 9.17) is 0 Å². The van der Waals surface area contributed by atoms with Crippen LogP contribution >= 0.6 is 0 Å². The second-order valence-electron chi connectivity index (χ2n) is 9.71. The molecule has 0 unspecified atom stereocenters. The summed E-state index contributed by atoms with van der Waals surface area (Å²) < 4.78 is 3.75. The van der Waals surface area contributed by atoms with Gasteiger partial charge in [-0.3, -0.25) is 4.68 Å². The lowest BCUT2D eigenvalue weighted by Gasteiger charge is -2.45. The average molecular weight is 408 g/mol. The van der Waals surface area contributed by atoms with Crippen molar-refractivity contribution >= 4 is 22.1 Å². The Labute approximate surface area is 174 Å². The number of piperidine rings is 1. The van der Waals surface area contributed by atoms with Crippen molar-refractivity contribution in [3.63, 3.8) is 0 Å². The number of hydrogen-bond donors (Lipinski definition) is 3. The fourth-order valence-corrected chi connectivity index (χ4v) is 5.01. The molecule has 1 saturated heterocycles. The monoisotopic (exact) mass is 407 g/mol. The number of aromatic nitrogens is 7. The zero-order chi connectivity index (χ0) is 21.3. The highest BCUT2D eigenvalue weighted by Crippen LogP contribution is 2.34. The van der Waals surface area contributed by atoms with E-state index in [9.17, 15) is 5.11 Å². The van der Waals surface area contributed by atoms with Crippen LogP contribution in [0.25, 0.3) is 33.3 Å². The maximum Gasteiger partial charge on any atom is 0.350 e. The summed E-state index contributed by atoms with van der Waals surface area (Å²) in [5.41, 5.74) is 3.39. The van der Waals surface area contributed by atoms with Gasteiger partial charge in [0.2, 0.25) is 5.52 Å². The molecule has 1 aromatic carbocycles. The highest BCUT2D eigenvalue weighted by Gasteiger charge is 2.41. The molecule has 1 aliphatic rings. The van der Waals surface area contributed by atoms with Gasteiger partial charge in [-0.25, -0.2) is 0 Å². The van der Waals surface area contributed by atoms with Crippen LogP contribution in [0, 0.1) is 0 Å². The van der Waals surface area contributed by atoms with Crippen LogP contribution in [0.2, 0.25) is 0 Å². The van der Waals surface area contributed by atoms with E-state index in [0.29, 0.717) is 11.3 Å². The summed E-state index contributed by atoms with van der Waals surface area (Å²) in [7, 11) is 1.86. The zero-order valence-corrected chi connectivity index (χ0v) is 17.9. The fourth-order valence-electron chi connectivity index (χ4n) is 5.01. The van der Waals surface area contributed by atoms with E-state index in [1.807, 2.05) is 30.1 Å². The van der Waals surface area contributed by atoms with Crippen molar-refractivity contribution in [2.45, 2.75) is 57.7 Å². The summed E-state index contributed by atoms with van der Waals surface area (Å²) >= 11 is 0. The van der Waals surface area contributed by atoms with Gasteiger partial charge >= 0.3 is 5.65 Å². The molecule has 0 bridgehead atoms. The quantitative estimate of drug-likeness (QED) is 0.440. The first-order chi connectivity index (χ1) is 14.1. The standard InChI is InChI=1S/C21H26N8O/c1-20(2)9-13(10-21(3,4)26-20)29-19-17(23-27-29)7-16(22-24-19)14-6-12-11-28(5)25-15(12)8-18(14)30/h6-8,11,13,26H,9-10H2,1-5H3,(H,25,30)/p+1. The number of fused-ring (bicyclic) bond motifs is 2. The number of aromatic amines is 1. The fraction of sp³-hybridized carbons (Fsp3) is 0.476. The maximum absolute atomic E-state index is 10.5. The van der Waals surface area contributed by atoms with Gasteiger partial charge in [0.15, 0.2) is 0 Å². The smallest absolute Gasteiger partial charge is 0.350 e. The highest BCUT2D eigenvalue weighted by molar-refractivity contribution is 5.88. The van der Waals surface area contributed by atoms with Crippen molar-refractivity contribution in [1.29, 1.82) is 0 Å². The van der Waals surface area contributed by atoms with Crippen LogP contribution in [0.15, 0.2) is 24.4 Å². The summed E-state index contributed by atoms with van der Waals surface area (Å²) in [6.07, 6.45) is 3.83.